The Morgan fingerprint density at radius 3 is 2.93 bits per heavy atom. The zero-order valence-corrected chi connectivity index (χ0v) is 9.24. The second kappa shape index (κ2) is 5.33. The van der Waals surface area contributed by atoms with Crippen LogP contribution in [0.1, 0.15) is 33.1 Å². The van der Waals surface area contributed by atoms with Crippen molar-refractivity contribution in [2.24, 2.45) is 11.7 Å². The summed E-state index contributed by atoms with van der Waals surface area (Å²) in [6.45, 7) is 6.24. The van der Waals surface area contributed by atoms with Crippen LogP contribution in [-0.4, -0.2) is 30.1 Å². The molecular formula is C11H21N3. The standard InChI is InChI=1S/C11H21N3/c1-9-4-6-14(10(2)3-5-12)11(7-9)8-13/h9-11H,3-4,6-8,13H2,1-2H3. The molecule has 0 spiro atoms. The molecule has 1 fully saturated rings. The van der Waals surface area contributed by atoms with Gasteiger partial charge < -0.3 is 5.73 Å². The minimum atomic E-state index is 0.362. The number of nitrogens with zero attached hydrogens (tertiary/aromatic N) is 2. The van der Waals surface area contributed by atoms with E-state index in [-0.39, 0.29) is 0 Å². The highest BCUT2D eigenvalue weighted by molar-refractivity contribution is 4.88. The third kappa shape index (κ3) is 2.70. The van der Waals surface area contributed by atoms with Gasteiger partial charge in [0, 0.05) is 18.6 Å². The quantitative estimate of drug-likeness (QED) is 0.739. The van der Waals surface area contributed by atoms with Gasteiger partial charge in [-0.3, -0.25) is 4.90 Å². The number of rotatable bonds is 3. The predicted octanol–water partition coefficient (Wildman–Crippen LogP) is 1.35. The molecule has 0 aromatic carbocycles. The molecule has 0 saturated carbocycles. The fourth-order valence-corrected chi connectivity index (χ4v) is 2.33. The van der Waals surface area contributed by atoms with E-state index in [9.17, 15) is 0 Å². The van der Waals surface area contributed by atoms with E-state index in [0.717, 1.165) is 19.0 Å². The molecule has 1 heterocycles. The fraction of sp³-hybridized carbons (Fsp3) is 0.909. The number of piperidine rings is 1. The minimum absolute atomic E-state index is 0.362. The molecule has 1 aliphatic heterocycles. The van der Waals surface area contributed by atoms with Crippen LogP contribution in [0.4, 0.5) is 0 Å². The number of hydrogen-bond acceptors (Lipinski definition) is 3. The third-order valence-corrected chi connectivity index (χ3v) is 3.25. The van der Waals surface area contributed by atoms with Crippen LogP contribution < -0.4 is 5.73 Å². The lowest BCUT2D eigenvalue weighted by Crippen LogP contribution is -2.50. The number of hydrogen-bond donors (Lipinski definition) is 1. The van der Waals surface area contributed by atoms with Crippen molar-refractivity contribution in [2.45, 2.75) is 45.2 Å². The second-order valence-electron chi connectivity index (χ2n) is 4.47. The maximum absolute atomic E-state index is 8.67. The normalized spacial score (nSPS) is 31.0. The van der Waals surface area contributed by atoms with E-state index in [2.05, 4.69) is 24.8 Å². The molecule has 0 bridgehead atoms. The first-order valence-corrected chi connectivity index (χ1v) is 5.51. The monoisotopic (exact) mass is 195 g/mol. The first-order chi connectivity index (χ1) is 6.69. The lowest BCUT2D eigenvalue weighted by atomic mass is 9.91. The lowest BCUT2D eigenvalue weighted by Gasteiger charge is -2.41. The van der Waals surface area contributed by atoms with Gasteiger partial charge in [0.1, 0.15) is 0 Å². The van der Waals surface area contributed by atoms with Crippen molar-refractivity contribution in [3.63, 3.8) is 0 Å². The molecule has 0 aromatic rings. The molecule has 14 heavy (non-hydrogen) atoms. The zero-order valence-electron chi connectivity index (χ0n) is 9.24. The number of nitrogens with two attached hydrogens (primary N) is 1. The Kier molecular flexibility index (Phi) is 4.37. The fourth-order valence-electron chi connectivity index (χ4n) is 2.33. The molecule has 3 atom stereocenters. The van der Waals surface area contributed by atoms with Gasteiger partial charge in [0.15, 0.2) is 0 Å². The second-order valence-corrected chi connectivity index (χ2v) is 4.47. The third-order valence-electron chi connectivity index (χ3n) is 3.25. The van der Waals surface area contributed by atoms with Gasteiger partial charge in [0.25, 0.3) is 0 Å². The number of nitriles is 1. The van der Waals surface area contributed by atoms with Crippen LogP contribution in [-0.2, 0) is 0 Å². The topological polar surface area (TPSA) is 53.0 Å². The van der Waals surface area contributed by atoms with Gasteiger partial charge in [-0.05, 0) is 32.2 Å². The van der Waals surface area contributed by atoms with Crippen LogP contribution >= 0.6 is 0 Å². The van der Waals surface area contributed by atoms with E-state index >= 15 is 0 Å². The molecule has 3 heteroatoms. The van der Waals surface area contributed by atoms with E-state index in [1.54, 1.807) is 0 Å². The molecule has 0 radical (unpaired) electrons. The smallest absolute Gasteiger partial charge is 0.0638 e. The SMILES string of the molecule is CC1CCN(C(C)CC#N)C(CN)C1. The highest BCUT2D eigenvalue weighted by Crippen LogP contribution is 2.24. The summed E-state index contributed by atoms with van der Waals surface area (Å²) in [6.07, 6.45) is 3.05. The lowest BCUT2D eigenvalue weighted by molar-refractivity contribution is 0.0854. The zero-order chi connectivity index (χ0) is 10.6. The summed E-state index contributed by atoms with van der Waals surface area (Å²) in [4.78, 5) is 2.41. The van der Waals surface area contributed by atoms with Crippen molar-refractivity contribution in [2.75, 3.05) is 13.1 Å². The maximum Gasteiger partial charge on any atom is 0.0638 e. The number of likely N-dealkylation sites (tertiary alicyclic amines) is 1. The average molecular weight is 195 g/mol. The van der Waals surface area contributed by atoms with E-state index in [1.165, 1.54) is 12.8 Å². The van der Waals surface area contributed by atoms with Crippen LogP contribution in [0.2, 0.25) is 0 Å². The van der Waals surface area contributed by atoms with Crippen LogP contribution in [0, 0.1) is 17.2 Å². The first kappa shape index (κ1) is 11.5. The molecule has 2 N–H and O–H groups in total. The molecule has 0 amide bonds. The first-order valence-electron chi connectivity index (χ1n) is 5.51. The van der Waals surface area contributed by atoms with Crippen molar-refractivity contribution in [1.29, 1.82) is 5.26 Å². The van der Waals surface area contributed by atoms with Crippen LogP contribution in [0.15, 0.2) is 0 Å². The highest BCUT2D eigenvalue weighted by Gasteiger charge is 2.28. The Morgan fingerprint density at radius 1 is 1.64 bits per heavy atom. The van der Waals surface area contributed by atoms with Crippen LogP contribution in [0.5, 0.6) is 0 Å². The summed E-state index contributed by atoms with van der Waals surface area (Å²) in [5.41, 5.74) is 5.77. The largest absolute Gasteiger partial charge is 0.329 e. The van der Waals surface area contributed by atoms with Gasteiger partial charge in [-0.25, -0.2) is 0 Å². The van der Waals surface area contributed by atoms with E-state index < -0.39 is 0 Å². The van der Waals surface area contributed by atoms with Gasteiger partial charge in [0.05, 0.1) is 12.5 Å². The van der Waals surface area contributed by atoms with Crippen LogP contribution in [0.25, 0.3) is 0 Å². The Morgan fingerprint density at radius 2 is 2.36 bits per heavy atom. The van der Waals surface area contributed by atoms with Crippen molar-refractivity contribution in [3.05, 3.63) is 0 Å². The summed E-state index contributed by atoms with van der Waals surface area (Å²) >= 11 is 0. The van der Waals surface area contributed by atoms with Crippen molar-refractivity contribution >= 4 is 0 Å². The summed E-state index contributed by atoms with van der Waals surface area (Å²) in [5.74, 6) is 0.786. The Bertz CT molecular complexity index is 209. The van der Waals surface area contributed by atoms with E-state index in [4.69, 9.17) is 11.0 Å². The van der Waals surface area contributed by atoms with E-state index in [0.29, 0.717) is 18.5 Å². The van der Waals surface area contributed by atoms with Crippen molar-refractivity contribution in [1.82, 2.24) is 4.90 Å². The maximum atomic E-state index is 8.67. The molecular weight excluding hydrogens is 174 g/mol. The van der Waals surface area contributed by atoms with Gasteiger partial charge in [-0.15, -0.1) is 0 Å². The molecule has 80 valence electrons. The van der Waals surface area contributed by atoms with Gasteiger partial charge in [0.2, 0.25) is 0 Å². The van der Waals surface area contributed by atoms with Crippen molar-refractivity contribution < 1.29 is 0 Å². The minimum Gasteiger partial charge on any atom is -0.329 e. The molecule has 1 rings (SSSR count). The summed E-state index contributed by atoms with van der Waals surface area (Å²) in [5, 5.41) is 8.67. The Balaban J connectivity index is 2.54. The van der Waals surface area contributed by atoms with Gasteiger partial charge in [-0.2, -0.15) is 5.26 Å². The summed E-state index contributed by atoms with van der Waals surface area (Å²) < 4.78 is 0. The highest BCUT2D eigenvalue weighted by atomic mass is 15.2. The van der Waals surface area contributed by atoms with Gasteiger partial charge in [-0.1, -0.05) is 6.92 Å². The predicted molar refractivity (Wildman–Crippen MR) is 57.6 cm³/mol. The van der Waals surface area contributed by atoms with Gasteiger partial charge >= 0.3 is 0 Å². The summed E-state index contributed by atoms with van der Waals surface area (Å²) in [7, 11) is 0. The van der Waals surface area contributed by atoms with Crippen LogP contribution in [0.3, 0.4) is 0 Å². The molecule has 3 nitrogen and oxygen atoms in total. The molecule has 1 saturated heterocycles. The average Bonchev–Trinajstić information content (AvgIpc) is 2.17. The summed E-state index contributed by atoms with van der Waals surface area (Å²) in [6, 6.07) is 3.09. The molecule has 3 unspecified atom stereocenters. The molecule has 1 aliphatic rings. The Labute approximate surface area is 86.9 Å². The van der Waals surface area contributed by atoms with Crippen molar-refractivity contribution in [3.8, 4) is 6.07 Å². The molecule has 0 aliphatic carbocycles. The van der Waals surface area contributed by atoms with E-state index in [1.807, 2.05) is 0 Å². The molecule has 0 aromatic heterocycles. The Hall–Kier alpha value is -0.590.